The number of carbonyl (C=O) groups excluding carboxylic acids is 2. The van der Waals surface area contributed by atoms with Gasteiger partial charge in [-0.2, -0.15) is 10.2 Å². The molecule has 6 rings (SSSR count). The van der Waals surface area contributed by atoms with Crippen molar-refractivity contribution in [3.63, 3.8) is 0 Å². The number of likely N-dealkylation sites (N-methyl/N-ethyl adjacent to an activating group) is 2. The van der Waals surface area contributed by atoms with Crippen LogP contribution in [0.25, 0.3) is 9.81 Å². The summed E-state index contributed by atoms with van der Waals surface area (Å²) in [4.78, 5) is 27.4. The Bertz CT molecular complexity index is 1970. The number of rotatable bonds is 5. The van der Waals surface area contributed by atoms with Crippen molar-refractivity contribution in [3.05, 3.63) is 68.8 Å². The normalized spacial score (nSPS) is 22.2. The number of thioether (sulfide) groups is 2. The monoisotopic (exact) mass is 698 g/mol. The van der Waals surface area contributed by atoms with Crippen LogP contribution in [-0.4, -0.2) is 76.7 Å². The molecule has 2 amide bonds. The maximum Gasteiger partial charge on any atom is 0.287 e. The Hall–Kier alpha value is -3.20. The summed E-state index contributed by atoms with van der Waals surface area (Å²) in [5.74, 6) is -0.0154. The zero-order valence-electron chi connectivity index (χ0n) is 26.7. The number of fused-ring (bicyclic) bond motifs is 2. The molecule has 4 aliphatic rings. The summed E-state index contributed by atoms with van der Waals surface area (Å²) >= 11 is 3.27. The highest BCUT2D eigenvalue weighted by atomic mass is 33.2. The highest BCUT2D eigenvalue weighted by Gasteiger charge is 2.47. The van der Waals surface area contributed by atoms with E-state index in [1.54, 1.807) is 61.6 Å². The molecule has 0 bridgehead atoms. The zero-order valence-corrected chi connectivity index (χ0v) is 30.0. The van der Waals surface area contributed by atoms with Gasteiger partial charge < -0.3 is 0 Å². The maximum atomic E-state index is 14.9. The molecule has 10 nitrogen and oxygen atoms in total. The summed E-state index contributed by atoms with van der Waals surface area (Å²) in [6.45, 7) is 11.6. The van der Waals surface area contributed by atoms with Crippen molar-refractivity contribution in [3.8, 4) is 0 Å². The Labute approximate surface area is 277 Å². The van der Waals surface area contributed by atoms with Gasteiger partial charge in [-0.05, 0) is 59.4 Å². The van der Waals surface area contributed by atoms with Gasteiger partial charge in [0.25, 0.3) is 29.6 Å². The minimum Gasteiger partial charge on any atom is -0.267 e. The van der Waals surface area contributed by atoms with Crippen molar-refractivity contribution >= 4 is 75.3 Å². The molecule has 0 unspecified atom stereocenters. The van der Waals surface area contributed by atoms with Crippen LogP contribution in [0.3, 0.4) is 0 Å². The van der Waals surface area contributed by atoms with E-state index in [4.69, 9.17) is 0 Å². The third-order valence-electron chi connectivity index (χ3n) is 8.92. The molecule has 242 valence electrons. The second-order valence-corrected chi connectivity index (χ2v) is 20.4. The van der Waals surface area contributed by atoms with E-state index < -0.39 is 39.4 Å². The Balaban J connectivity index is 1.68. The van der Waals surface area contributed by atoms with Gasteiger partial charge in [0.15, 0.2) is 0 Å². The summed E-state index contributed by atoms with van der Waals surface area (Å²) < 4.78 is 59.8. The molecule has 14 heteroatoms. The van der Waals surface area contributed by atoms with Gasteiger partial charge in [0.1, 0.15) is 9.81 Å². The lowest BCUT2D eigenvalue weighted by Gasteiger charge is -2.25. The molecule has 2 aromatic carbocycles. The van der Waals surface area contributed by atoms with E-state index in [-0.39, 0.29) is 33.1 Å². The number of nitrogens with zero attached hydrogens (tertiary/aromatic N) is 4. The summed E-state index contributed by atoms with van der Waals surface area (Å²) in [5.41, 5.74) is 1.70. The molecule has 0 radical (unpaired) electrons. The van der Waals surface area contributed by atoms with Gasteiger partial charge in [0, 0.05) is 46.2 Å². The smallest absolute Gasteiger partial charge is 0.267 e. The predicted octanol–water partition coefficient (Wildman–Crippen LogP) is 4.85. The molecule has 0 aromatic heterocycles. The number of amides is 2. The molecular formula is C32H34N4O6S4. The van der Waals surface area contributed by atoms with E-state index in [0.29, 0.717) is 11.1 Å². The van der Waals surface area contributed by atoms with Crippen LogP contribution < -0.4 is 0 Å². The molecule has 4 heterocycles. The average molecular weight is 699 g/mol. The van der Waals surface area contributed by atoms with Gasteiger partial charge in [-0.15, -0.1) is 23.5 Å². The Morgan fingerprint density at radius 2 is 1.02 bits per heavy atom. The molecule has 0 aliphatic carbocycles. The van der Waals surface area contributed by atoms with Crippen LogP contribution in [0.15, 0.2) is 55.4 Å². The van der Waals surface area contributed by atoms with Crippen molar-refractivity contribution in [1.82, 2.24) is 10.0 Å². The minimum absolute atomic E-state index is 0.0964. The van der Waals surface area contributed by atoms with Crippen LogP contribution in [0.4, 0.5) is 0 Å². The molecule has 0 saturated heterocycles. The molecule has 4 aliphatic heterocycles. The molecule has 0 fully saturated rings. The van der Waals surface area contributed by atoms with Crippen LogP contribution in [-0.2, 0) is 38.2 Å². The molecule has 0 spiro atoms. The van der Waals surface area contributed by atoms with E-state index >= 15 is 0 Å². The van der Waals surface area contributed by atoms with E-state index in [1.165, 1.54) is 14.1 Å². The van der Waals surface area contributed by atoms with Crippen LogP contribution >= 0.6 is 23.5 Å². The van der Waals surface area contributed by atoms with Gasteiger partial charge in [0.2, 0.25) is 0 Å². The largest absolute Gasteiger partial charge is 0.287 e. The fourth-order valence-corrected chi connectivity index (χ4v) is 14.1. The van der Waals surface area contributed by atoms with Crippen molar-refractivity contribution < 1.29 is 26.4 Å². The number of hydrazone groups is 2. The molecule has 2 aromatic rings. The predicted molar refractivity (Wildman–Crippen MR) is 184 cm³/mol. The number of hydrogen-bond donors (Lipinski definition) is 0. The summed E-state index contributed by atoms with van der Waals surface area (Å²) in [7, 11) is -8.16. The van der Waals surface area contributed by atoms with E-state index in [9.17, 15) is 26.4 Å². The first kappa shape index (κ1) is 32.7. The number of benzene rings is 2. The molecule has 0 saturated carbocycles. The Kier molecular flexibility index (Phi) is 7.58. The zero-order chi connectivity index (χ0) is 33.7. The van der Waals surface area contributed by atoms with Crippen molar-refractivity contribution in [1.29, 1.82) is 0 Å². The second-order valence-electron chi connectivity index (χ2n) is 13.1. The van der Waals surface area contributed by atoms with Gasteiger partial charge in [0.05, 0.1) is 23.6 Å². The first-order valence-electron chi connectivity index (χ1n) is 14.5. The first-order valence-corrected chi connectivity index (χ1v) is 20.0. The lowest BCUT2D eigenvalue weighted by atomic mass is 9.82. The van der Waals surface area contributed by atoms with E-state index in [1.807, 2.05) is 27.7 Å². The van der Waals surface area contributed by atoms with Crippen molar-refractivity contribution in [2.24, 2.45) is 10.2 Å². The van der Waals surface area contributed by atoms with Gasteiger partial charge in [-0.25, -0.2) is 26.9 Å². The summed E-state index contributed by atoms with van der Waals surface area (Å²) in [6, 6.07) is 6.65. The molecular weight excluding hydrogens is 665 g/mol. The number of hydrogen-bond acceptors (Lipinski definition) is 10. The first-order chi connectivity index (χ1) is 21.3. The maximum absolute atomic E-state index is 14.9. The van der Waals surface area contributed by atoms with E-state index in [2.05, 4.69) is 10.2 Å². The van der Waals surface area contributed by atoms with Crippen LogP contribution in [0.2, 0.25) is 0 Å². The van der Waals surface area contributed by atoms with Crippen molar-refractivity contribution in [2.45, 2.75) is 62.2 Å². The minimum atomic E-state index is -5.45. The molecule has 46 heavy (non-hydrogen) atoms. The third-order valence-corrected chi connectivity index (χ3v) is 17.1. The standard InChI is InChI=1S/C32H34N4O6S4/c1-17-19(9-11-23-25(17)31(3,4)15-43-23)27(21-13-33-35(7)29(21)37)45(39,40)46(41,42)28(22-14-34-36(8)30(22)38)20-10-12-24-26(18(20)2)32(5,6)16-44-24/h9-14H,15-16H2,1-8H3/b27-21-,28-22-. The van der Waals surface area contributed by atoms with Gasteiger partial charge >= 0.3 is 0 Å². The molecule has 0 N–H and O–H groups in total. The third kappa shape index (κ3) is 4.66. The summed E-state index contributed by atoms with van der Waals surface area (Å²) in [6.07, 6.45) is 2.17. The Morgan fingerprint density at radius 1 is 0.674 bits per heavy atom. The fourth-order valence-electron chi connectivity index (χ4n) is 6.66. The lowest BCUT2D eigenvalue weighted by Crippen LogP contribution is -2.27. The topological polar surface area (TPSA) is 134 Å². The molecule has 0 atom stereocenters. The van der Waals surface area contributed by atoms with E-state index in [0.717, 1.165) is 54.9 Å². The highest BCUT2D eigenvalue weighted by Crippen LogP contribution is 2.50. The SMILES string of the molecule is Cc1c(/C(=C2\C=NN(C)C2=O)S(=O)(=O)S(=O)(=O)/C(=C2/C=NN(C)C2=O)c2ccc3c(c2C)C(C)(C)CS3)ccc2c1C(C)(C)CS2. The Morgan fingerprint density at radius 3 is 1.33 bits per heavy atom. The second kappa shape index (κ2) is 10.7. The van der Waals surface area contributed by atoms with Gasteiger partial charge in [-0.3, -0.25) is 9.59 Å². The highest BCUT2D eigenvalue weighted by molar-refractivity contribution is 8.74. The average Bonchev–Trinajstić information content (AvgIpc) is 3.68. The van der Waals surface area contributed by atoms with Crippen LogP contribution in [0.5, 0.6) is 0 Å². The van der Waals surface area contributed by atoms with Crippen LogP contribution in [0.1, 0.15) is 61.1 Å². The number of carbonyl (C=O) groups is 2. The quantitative estimate of drug-likeness (QED) is 0.320. The van der Waals surface area contributed by atoms with Gasteiger partial charge in [-0.1, -0.05) is 39.8 Å². The van der Waals surface area contributed by atoms with Crippen LogP contribution in [0, 0.1) is 13.8 Å². The summed E-state index contributed by atoms with van der Waals surface area (Å²) in [5, 5.41) is 9.90. The van der Waals surface area contributed by atoms with Crippen molar-refractivity contribution in [2.75, 3.05) is 25.6 Å². The lowest BCUT2D eigenvalue weighted by molar-refractivity contribution is -0.125. The fraction of sp³-hybridized carbons (Fsp3) is 0.375.